The average molecular weight is 504 g/mol. The maximum Gasteiger partial charge on any atom is 0.187 e. The van der Waals surface area contributed by atoms with Crippen molar-refractivity contribution >= 4 is 0 Å². The van der Waals surface area contributed by atoms with Gasteiger partial charge in [-0.1, -0.05) is 0 Å². The molecule has 34 heavy (non-hydrogen) atoms. The molecule has 0 saturated carbocycles. The minimum absolute atomic E-state index is 0.619. The summed E-state index contributed by atoms with van der Waals surface area (Å²) in [6.07, 6.45) is -25.0. The van der Waals surface area contributed by atoms with Crippen LogP contribution in [0.1, 0.15) is 0 Å². The zero-order valence-electron chi connectivity index (χ0n) is 17.7. The molecule has 0 spiro atoms. The highest BCUT2D eigenvalue weighted by Gasteiger charge is 2.51. The predicted octanol–water partition coefficient (Wildman–Crippen LogP) is -7.57. The van der Waals surface area contributed by atoms with Crippen molar-refractivity contribution in [2.24, 2.45) is 0 Å². The first-order valence-electron chi connectivity index (χ1n) is 10.6. The van der Waals surface area contributed by atoms with Gasteiger partial charge in [0.1, 0.15) is 73.2 Å². The fourth-order valence-electron chi connectivity index (χ4n) is 3.95. The fraction of sp³-hybridized carbons (Fsp3) is 1.00. The molecule has 3 fully saturated rings. The van der Waals surface area contributed by atoms with Crippen LogP contribution in [0.4, 0.5) is 0 Å². The summed E-state index contributed by atoms with van der Waals surface area (Å²) in [5, 5.41) is 109. The molecule has 3 rings (SSSR count). The summed E-state index contributed by atoms with van der Waals surface area (Å²) in [6.45, 7) is -2.08. The second kappa shape index (κ2) is 11.6. The summed E-state index contributed by atoms with van der Waals surface area (Å²) in [5.74, 6) is 0. The van der Waals surface area contributed by atoms with Gasteiger partial charge in [-0.3, -0.25) is 0 Å². The van der Waals surface area contributed by atoms with Crippen molar-refractivity contribution in [1.29, 1.82) is 0 Å². The summed E-state index contributed by atoms with van der Waals surface area (Å²) in [6, 6.07) is 0. The van der Waals surface area contributed by atoms with Crippen molar-refractivity contribution in [2.45, 2.75) is 92.1 Å². The van der Waals surface area contributed by atoms with Gasteiger partial charge in [0, 0.05) is 0 Å². The van der Waals surface area contributed by atoms with Crippen LogP contribution in [-0.2, 0) is 23.7 Å². The number of aliphatic hydroxyl groups is 11. The third-order valence-corrected chi connectivity index (χ3v) is 6.07. The number of aliphatic hydroxyl groups excluding tert-OH is 11. The second-order valence-corrected chi connectivity index (χ2v) is 8.37. The van der Waals surface area contributed by atoms with E-state index >= 15 is 0 Å². The number of hydrogen-bond donors (Lipinski definition) is 11. The lowest BCUT2D eigenvalue weighted by Crippen LogP contribution is -2.65. The Kier molecular flexibility index (Phi) is 9.54. The molecule has 3 saturated heterocycles. The summed E-state index contributed by atoms with van der Waals surface area (Å²) in [5.41, 5.74) is 0. The molecule has 3 heterocycles. The van der Waals surface area contributed by atoms with E-state index in [9.17, 15) is 56.2 Å². The van der Waals surface area contributed by atoms with Crippen molar-refractivity contribution in [2.75, 3.05) is 19.8 Å². The maximum absolute atomic E-state index is 10.4. The molecule has 0 radical (unpaired) electrons. The Bertz CT molecular complexity index is 637. The standard InChI is InChI=1S/C18H32O16/c19-1-4-7(21)9(23)13(27)17(32-4)30-3-6-15(11(25)12(26)16(29)31-6)34-18-14(28)10(24)8(22)5(2-20)33-18/h4-29H,1-3H2/t4-,5-,6-,7-,8-,9+,10-,11-,12+,13+,14+,15-,16+,17-,18+/m1/s1. The first-order chi connectivity index (χ1) is 16.0. The SMILES string of the molecule is OC[C@H]1O[C@@H](OC[C@H]2O[C@H](O)[C@@H](O)[C@@H](O)[C@@H]2O[C@@H]2O[C@H](CO)[C@@H](O)[C@@H](O)[C@@H]2O)[C@@H](O)[C@@H](O)[C@@H]1O. The highest BCUT2D eigenvalue weighted by molar-refractivity contribution is 4.94. The van der Waals surface area contributed by atoms with Crippen LogP contribution in [0.5, 0.6) is 0 Å². The quantitative estimate of drug-likeness (QED) is 0.154. The lowest BCUT2D eigenvalue weighted by molar-refractivity contribution is -0.363. The Morgan fingerprint density at radius 1 is 0.500 bits per heavy atom. The van der Waals surface area contributed by atoms with Crippen LogP contribution in [-0.4, -0.2) is 168 Å². The summed E-state index contributed by atoms with van der Waals surface area (Å²) < 4.78 is 26.4. The van der Waals surface area contributed by atoms with Gasteiger partial charge in [-0.15, -0.1) is 0 Å². The van der Waals surface area contributed by atoms with Crippen LogP contribution in [0.25, 0.3) is 0 Å². The largest absolute Gasteiger partial charge is 0.394 e. The molecule has 3 aliphatic rings. The van der Waals surface area contributed by atoms with Crippen LogP contribution in [0.3, 0.4) is 0 Å². The highest BCUT2D eigenvalue weighted by Crippen LogP contribution is 2.30. The van der Waals surface area contributed by atoms with Gasteiger partial charge in [-0.2, -0.15) is 0 Å². The Labute approximate surface area is 192 Å². The van der Waals surface area contributed by atoms with Crippen LogP contribution in [0.15, 0.2) is 0 Å². The summed E-state index contributed by atoms with van der Waals surface area (Å²) in [7, 11) is 0. The zero-order chi connectivity index (χ0) is 25.3. The van der Waals surface area contributed by atoms with Gasteiger partial charge in [0.05, 0.1) is 19.8 Å². The van der Waals surface area contributed by atoms with Gasteiger partial charge in [0.2, 0.25) is 0 Å². The lowest BCUT2D eigenvalue weighted by atomic mass is 9.97. The molecular formula is C18H32O16. The highest BCUT2D eigenvalue weighted by atomic mass is 16.7. The molecule has 0 aromatic carbocycles. The van der Waals surface area contributed by atoms with E-state index in [0.29, 0.717) is 0 Å². The molecule has 3 aliphatic heterocycles. The van der Waals surface area contributed by atoms with E-state index in [1.807, 2.05) is 0 Å². The first-order valence-corrected chi connectivity index (χ1v) is 10.6. The van der Waals surface area contributed by atoms with Crippen molar-refractivity contribution in [3.63, 3.8) is 0 Å². The molecule has 0 amide bonds. The second-order valence-electron chi connectivity index (χ2n) is 8.37. The Hall–Kier alpha value is -0.640. The average Bonchev–Trinajstić information content (AvgIpc) is 2.82. The van der Waals surface area contributed by atoms with Crippen molar-refractivity contribution < 1.29 is 79.9 Å². The monoisotopic (exact) mass is 504 g/mol. The zero-order valence-corrected chi connectivity index (χ0v) is 17.7. The normalized spacial score (nSPS) is 52.5. The first kappa shape index (κ1) is 27.9. The molecule has 0 aromatic rings. The minimum atomic E-state index is -1.91. The molecule has 0 aromatic heterocycles. The Morgan fingerprint density at radius 3 is 1.53 bits per heavy atom. The smallest absolute Gasteiger partial charge is 0.187 e. The van der Waals surface area contributed by atoms with Gasteiger partial charge in [0.15, 0.2) is 18.9 Å². The molecule has 0 bridgehead atoms. The van der Waals surface area contributed by atoms with E-state index in [-0.39, 0.29) is 0 Å². The van der Waals surface area contributed by atoms with E-state index in [4.69, 9.17) is 23.7 Å². The molecule has 200 valence electrons. The third-order valence-electron chi connectivity index (χ3n) is 6.07. The maximum atomic E-state index is 10.4. The van der Waals surface area contributed by atoms with Gasteiger partial charge >= 0.3 is 0 Å². The number of rotatable bonds is 7. The number of hydrogen-bond acceptors (Lipinski definition) is 16. The molecule has 15 atom stereocenters. The third kappa shape index (κ3) is 5.52. The van der Waals surface area contributed by atoms with E-state index in [0.717, 1.165) is 0 Å². The van der Waals surface area contributed by atoms with E-state index < -0.39 is 112 Å². The molecule has 16 heteroatoms. The van der Waals surface area contributed by atoms with Crippen LogP contribution in [0, 0.1) is 0 Å². The predicted molar refractivity (Wildman–Crippen MR) is 101 cm³/mol. The van der Waals surface area contributed by atoms with E-state index in [1.165, 1.54) is 0 Å². The van der Waals surface area contributed by atoms with Crippen molar-refractivity contribution in [3.8, 4) is 0 Å². The Balaban J connectivity index is 1.72. The minimum Gasteiger partial charge on any atom is -0.394 e. The van der Waals surface area contributed by atoms with Gasteiger partial charge in [-0.25, -0.2) is 0 Å². The summed E-state index contributed by atoms with van der Waals surface area (Å²) >= 11 is 0. The van der Waals surface area contributed by atoms with Crippen molar-refractivity contribution in [3.05, 3.63) is 0 Å². The van der Waals surface area contributed by atoms with E-state index in [1.54, 1.807) is 0 Å². The topological polar surface area (TPSA) is 269 Å². The fourth-order valence-corrected chi connectivity index (χ4v) is 3.95. The van der Waals surface area contributed by atoms with E-state index in [2.05, 4.69) is 0 Å². The number of ether oxygens (including phenoxy) is 5. The van der Waals surface area contributed by atoms with Crippen LogP contribution >= 0.6 is 0 Å². The summed E-state index contributed by atoms with van der Waals surface area (Å²) in [4.78, 5) is 0. The molecular weight excluding hydrogens is 472 g/mol. The lowest BCUT2D eigenvalue weighted by Gasteiger charge is -2.46. The van der Waals surface area contributed by atoms with Gasteiger partial charge in [0.25, 0.3) is 0 Å². The molecule has 0 unspecified atom stereocenters. The molecule has 0 aliphatic carbocycles. The Morgan fingerprint density at radius 2 is 1.00 bits per heavy atom. The molecule has 11 N–H and O–H groups in total. The van der Waals surface area contributed by atoms with Gasteiger partial charge in [-0.05, 0) is 0 Å². The van der Waals surface area contributed by atoms with Crippen LogP contribution in [0.2, 0.25) is 0 Å². The van der Waals surface area contributed by atoms with Crippen molar-refractivity contribution in [1.82, 2.24) is 0 Å². The van der Waals surface area contributed by atoms with Gasteiger partial charge < -0.3 is 79.9 Å². The molecule has 16 nitrogen and oxygen atoms in total. The van der Waals surface area contributed by atoms with Crippen LogP contribution < -0.4 is 0 Å².